The van der Waals surface area contributed by atoms with Crippen LogP contribution in [0.15, 0.2) is 48.5 Å². The molecule has 0 fully saturated rings. The molecule has 0 spiro atoms. The highest BCUT2D eigenvalue weighted by Gasteiger charge is 2.15. The first kappa shape index (κ1) is 18.8. The molecule has 0 radical (unpaired) electrons. The summed E-state index contributed by atoms with van der Waals surface area (Å²) in [5, 5.41) is 1.03. The summed E-state index contributed by atoms with van der Waals surface area (Å²) in [5.41, 5.74) is 18.8. The Morgan fingerprint density at radius 2 is 1.89 bits per heavy atom. The molecular weight excluding hydrogens is 334 g/mol. The van der Waals surface area contributed by atoms with Gasteiger partial charge in [0.15, 0.2) is 0 Å². The number of hydrogen-bond donors (Lipinski definition) is 2. The first-order chi connectivity index (χ1) is 13.0. The molecule has 0 aliphatic rings. The molecule has 27 heavy (non-hydrogen) atoms. The molecule has 1 amide bonds. The summed E-state index contributed by atoms with van der Waals surface area (Å²) in [7, 11) is 0. The van der Waals surface area contributed by atoms with Gasteiger partial charge in [0.2, 0.25) is 5.91 Å². The molecule has 4 nitrogen and oxygen atoms in total. The van der Waals surface area contributed by atoms with E-state index in [0.717, 1.165) is 51.7 Å². The Bertz CT molecular complexity index is 1000. The summed E-state index contributed by atoms with van der Waals surface area (Å²) < 4.78 is 0. The molecule has 0 saturated heterocycles. The summed E-state index contributed by atoms with van der Waals surface area (Å²) >= 11 is 0. The zero-order valence-electron chi connectivity index (χ0n) is 15.8. The largest absolute Gasteiger partial charge is 0.366 e. The fourth-order valence-electron chi connectivity index (χ4n) is 3.37. The maximum Gasteiger partial charge on any atom is 0.241 e. The number of primary amides is 1. The first-order valence-electron chi connectivity index (χ1n) is 9.23. The molecule has 3 aromatic rings. The van der Waals surface area contributed by atoms with Crippen molar-refractivity contribution < 1.29 is 4.79 Å². The highest BCUT2D eigenvalue weighted by Crippen LogP contribution is 2.34. The lowest BCUT2D eigenvalue weighted by molar-refractivity contribution is -0.113. The van der Waals surface area contributed by atoms with E-state index in [1.165, 1.54) is 11.6 Å². The number of aryl methyl sites for hydroxylation is 2. The second-order valence-electron chi connectivity index (χ2n) is 6.74. The van der Waals surface area contributed by atoms with Crippen molar-refractivity contribution in [3.63, 3.8) is 0 Å². The van der Waals surface area contributed by atoms with Gasteiger partial charge >= 0.3 is 0 Å². The van der Waals surface area contributed by atoms with E-state index in [-0.39, 0.29) is 0 Å². The van der Waals surface area contributed by atoms with E-state index < -0.39 is 5.91 Å². The number of carbonyl (C=O) groups is 1. The van der Waals surface area contributed by atoms with Crippen molar-refractivity contribution in [2.45, 2.75) is 33.2 Å². The van der Waals surface area contributed by atoms with E-state index in [2.05, 4.69) is 38.1 Å². The van der Waals surface area contributed by atoms with Gasteiger partial charge < -0.3 is 11.5 Å². The molecule has 0 aliphatic heterocycles. The van der Waals surface area contributed by atoms with Crippen LogP contribution in [-0.2, 0) is 17.8 Å². The van der Waals surface area contributed by atoms with E-state index in [0.29, 0.717) is 6.54 Å². The maximum absolute atomic E-state index is 11.1. The molecule has 1 aromatic heterocycles. The van der Waals surface area contributed by atoms with Gasteiger partial charge in [-0.15, -0.1) is 0 Å². The average molecular weight is 359 g/mol. The number of aromatic nitrogens is 1. The van der Waals surface area contributed by atoms with Crippen LogP contribution in [0, 0.1) is 6.92 Å². The standard InChI is InChI=1S/C23H25N3O/c1-3-4-20-19(14-24)23(17-9-5-15(2)6-10-17)18-13-16(8-12-22(25)27)7-11-21(18)26-20/h5-13H,3-4,14,24H2,1-2H3,(H2,25,27). The Morgan fingerprint density at radius 3 is 2.52 bits per heavy atom. The number of pyridine rings is 1. The van der Waals surface area contributed by atoms with Crippen LogP contribution in [-0.4, -0.2) is 10.9 Å². The highest BCUT2D eigenvalue weighted by atomic mass is 16.1. The van der Waals surface area contributed by atoms with Crippen LogP contribution in [0.4, 0.5) is 0 Å². The van der Waals surface area contributed by atoms with Gasteiger partial charge in [-0.2, -0.15) is 0 Å². The molecule has 0 unspecified atom stereocenters. The summed E-state index contributed by atoms with van der Waals surface area (Å²) in [5.74, 6) is -0.465. The lowest BCUT2D eigenvalue weighted by atomic mass is 9.91. The van der Waals surface area contributed by atoms with E-state index in [4.69, 9.17) is 16.5 Å². The van der Waals surface area contributed by atoms with Crippen LogP contribution >= 0.6 is 0 Å². The molecule has 138 valence electrons. The van der Waals surface area contributed by atoms with Crippen molar-refractivity contribution in [1.29, 1.82) is 0 Å². The molecule has 0 aliphatic carbocycles. The number of carbonyl (C=O) groups excluding carboxylic acids is 1. The summed E-state index contributed by atoms with van der Waals surface area (Å²) in [4.78, 5) is 16.0. The Labute approximate surface area is 159 Å². The normalized spacial score (nSPS) is 11.4. The molecule has 3 rings (SSSR count). The molecule has 4 heteroatoms. The fraction of sp³-hybridized carbons (Fsp3) is 0.217. The van der Waals surface area contributed by atoms with Crippen molar-refractivity contribution in [3.05, 3.63) is 70.9 Å². The summed E-state index contributed by atoms with van der Waals surface area (Å²) in [6.07, 6.45) is 5.00. The van der Waals surface area contributed by atoms with Gasteiger partial charge in [-0.25, -0.2) is 0 Å². The number of rotatable bonds is 6. The molecule has 1 heterocycles. The first-order valence-corrected chi connectivity index (χ1v) is 9.23. The van der Waals surface area contributed by atoms with Crippen LogP contribution in [0.1, 0.15) is 35.7 Å². The minimum atomic E-state index is -0.465. The number of nitrogens with two attached hydrogens (primary N) is 2. The van der Waals surface area contributed by atoms with Crippen LogP contribution in [0.3, 0.4) is 0 Å². The maximum atomic E-state index is 11.1. The third-order valence-corrected chi connectivity index (χ3v) is 4.67. The molecule has 0 bridgehead atoms. The van der Waals surface area contributed by atoms with Gasteiger partial charge in [0, 0.05) is 23.7 Å². The van der Waals surface area contributed by atoms with Gasteiger partial charge in [0.05, 0.1) is 5.52 Å². The third kappa shape index (κ3) is 4.07. The molecule has 0 saturated carbocycles. The SMILES string of the molecule is CCCc1nc2ccc(C=CC(N)=O)cc2c(-c2ccc(C)cc2)c1CN. The second-order valence-corrected chi connectivity index (χ2v) is 6.74. The predicted molar refractivity (Wildman–Crippen MR) is 112 cm³/mol. The lowest BCUT2D eigenvalue weighted by Gasteiger charge is -2.17. The second kappa shape index (κ2) is 8.14. The molecular formula is C23H25N3O. The number of fused-ring (bicyclic) bond motifs is 1. The zero-order chi connectivity index (χ0) is 19.4. The van der Waals surface area contributed by atoms with Crippen molar-refractivity contribution in [3.8, 4) is 11.1 Å². The Hall–Kier alpha value is -2.98. The monoisotopic (exact) mass is 359 g/mol. The van der Waals surface area contributed by atoms with E-state index in [1.807, 2.05) is 18.2 Å². The van der Waals surface area contributed by atoms with E-state index in [1.54, 1.807) is 6.08 Å². The zero-order valence-corrected chi connectivity index (χ0v) is 15.8. The Balaban J connectivity index is 2.32. The van der Waals surface area contributed by atoms with Gasteiger partial charge in [-0.05, 0) is 53.8 Å². The minimum absolute atomic E-state index is 0.433. The van der Waals surface area contributed by atoms with Crippen LogP contribution in [0.5, 0.6) is 0 Å². The van der Waals surface area contributed by atoms with Gasteiger partial charge in [-0.3, -0.25) is 9.78 Å². The summed E-state index contributed by atoms with van der Waals surface area (Å²) in [6.45, 7) is 4.66. The van der Waals surface area contributed by atoms with Gasteiger partial charge in [0.1, 0.15) is 0 Å². The molecule has 4 N–H and O–H groups in total. The van der Waals surface area contributed by atoms with Crippen molar-refractivity contribution in [2.75, 3.05) is 0 Å². The number of nitrogens with zero attached hydrogens (tertiary/aromatic N) is 1. The van der Waals surface area contributed by atoms with Crippen LogP contribution < -0.4 is 11.5 Å². The molecule has 2 aromatic carbocycles. The van der Waals surface area contributed by atoms with Crippen molar-refractivity contribution in [2.24, 2.45) is 11.5 Å². The number of hydrogen-bond acceptors (Lipinski definition) is 3. The van der Waals surface area contributed by atoms with Crippen molar-refractivity contribution >= 4 is 22.9 Å². The quantitative estimate of drug-likeness (QED) is 0.650. The Morgan fingerprint density at radius 1 is 1.15 bits per heavy atom. The van der Waals surface area contributed by atoms with E-state index >= 15 is 0 Å². The smallest absolute Gasteiger partial charge is 0.241 e. The number of amides is 1. The minimum Gasteiger partial charge on any atom is -0.366 e. The van der Waals surface area contributed by atoms with Gasteiger partial charge in [0.25, 0.3) is 0 Å². The molecule has 0 atom stereocenters. The van der Waals surface area contributed by atoms with Crippen LogP contribution in [0.2, 0.25) is 0 Å². The van der Waals surface area contributed by atoms with E-state index in [9.17, 15) is 4.79 Å². The number of benzene rings is 2. The average Bonchev–Trinajstić information content (AvgIpc) is 2.66. The lowest BCUT2D eigenvalue weighted by Crippen LogP contribution is -2.08. The fourth-order valence-corrected chi connectivity index (χ4v) is 3.37. The Kier molecular flexibility index (Phi) is 5.67. The van der Waals surface area contributed by atoms with Crippen LogP contribution in [0.25, 0.3) is 28.1 Å². The third-order valence-electron chi connectivity index (χ3n) is 4.67. The topological polar surface area (TPSA) is 82.0 Å². The highest BCUT2D eigenvalue weighted by molar-refractivity contribution is 5.98. The van der Waals surface area contributed by atoms with Gasteiger partial charge in [-0.1, -0.05) is 49.2 Å². The predicted octanol–water partition coefficient (Wildman–Crippen LogP) is 4.12. The van der Waals surface area contributed by atoms with Crippen molar-refractivity contribution in [1.82, 2.24) is 4.98 Å². The summed E-state index contributed by atoms with van der Waals surface area (Å²) in [6, 6.07) is 14.5.